The second-order valence-corrected chi connectivity index (χ2v) is 10.2. The third-order valence-corrected chi connectivity index (χ3v) is 3.12. The average molecular weight is 216 g/mol. The normalized spacial score (nSPS) is 11.8. The molecular formula is C14H20Si. The van der Waals surface area contributed by atoms with Crippen molar-refractivity contribution >= 4 is 8.07 Å². The maximum Gasteiger partial charge on any atom is 0.129 e. The van der Waals surface area contributed by atoms with Crippen molar-refractivity contribution in [1.29, 1.82) is 0 Å². The van der Waals surface area contributed by atoms with Crippen LogP contribution in [0.1, 0.15) is 19.4 Å². The molecule has 0 heterocycles. The smallest absolute Gasteiger partial charge is 0.129 e. The van der Waals surface area contributed by atoms with E-state index in [0.29, 0.717) is 0 Å². The van der Waals surface area contributed by atoms with Crippen LogP contribution in [0.15, 0.2) is 30.3 Å². The van der Waals surface area contributed by atoms with Crippen LogP contribution in [0.2, 0.25) is 19.6 Å². The maximum atomic E-state index is 3.45. The molecule has 0 aliphatic rings. The summed E-state index contributed by atoms with van der Waals surface area (Å²) in [5.41, 5.74) is 4.72. The Morgan fingerprint density at radius 3 is 2.00 bits per heavy atom. The molecule has 1 aromatic carbocycles. The van der Waals surface area contributed by atoms with E-state index in [1.807, 2.05) is 6.07 Å². The lowest BCUT2D eigenvalue weighted by atomic mass is 9.86. The van der Waals surface area contributed by atoms with E-state index in [1.165, 1.54) is 5.56 Å². The Hall–Kier alpha value is -1.00. The van der Waals surface area contributed by atoms with Crippen LogP contribution >= 0.6 is 0 Å². The molecule has 0 radical (unpaired) electrons. The molecule has 1 rings (SSSR count). The van der Waals surface area contributed by atoms with Crippen LogP contribution < -0.4 is 0 Å². The van der Waals surface area contributed by atoms with E-state index in [9.17, 15) is 0 Å². The van der Waals surface area contributed by atoms with E-state index >= 15 is 0 Å². The Morgan fingerprint density at radius 2 is 1.53 bits per heavy atom. The van der Waals surface area contributed by atoms with Gasteiger partial charge in [-0.05, 0) is 19.4 Å². The topological polar surface area (TPSA) is 0 Å². The number of hydrogen-bond donors (Lipinski definition) is 0. The molecule has 0 spiro atoms. The zero-order valence-corrected chi connectivity index (χ0v) is 11.4. The molecule has 0 unspecified atom stereocenters. The van der Waals surface area contributed by atoms with Crippen LogP contribution in [0, 0.1) is 11.5 Å². The number of rotatable bonds is 1. The molecule has 0 aromatic heterocycles. The first-order valence-electron chi connectivity index (χ1n) is 5.41. The monoisotopic (exact) mass is 216 g/mol. The molecular weight excluding hydrogens is 196 g/mol. The highest BCUT2D eigenvalue weighted by molar-refractivity contribution is 6.83. The minimum atomic E-state index is -1.26. The van der Waals surface area contributed by atoms with Crippen LogP contribution in [0.5, 0.6) is 0 Å². The maximum absolute atomic E-state index is 3.45. The lowest BCUT2D eigenvalue weighted by molar-refractivity contribution is 0.699. The van der Waals surface area contributed by atoms with Crippen LogP contribution in [0.25, 0.3) is 0 Å². The van der Waals surface area contributed by atoms with Crippen LogP contribution in [-0.4, -0.2) is 8.07 Å². The SMILES string of the molecule is CC(C)(C#C[Si](C)(C)C)c1ccccc1. The van der Waals surface area contributed by atoms with E-state index in [-0.39, 0.29) is 5.41 Å². The van der Waals surface area contributed by atoms with Gasteiger partial charge in [-0.25, -0.2) is 0 Å². The summed E-state index contributed by atoms with van der Waals surface area (Å²) in [7, 11) is -1.26. The van der Waals surface area contributed by atoms with Crippen molar-refractivity contribution in [3.8, 4) is 11.5 Å². The number of benzene rings is 1. The van der Waals surface area contributed by atoms with Crippen molar-refractivity contribution in [2.24, 2.45) is 0 Å². The van der Waals surface area contributed by atoms with Crippen molar-refractivity contribution in [3.63, 3.8) is 0 Å². The summed E-state index contributed by atoms with van der Waals surface area (Å²) in [4.78, 5) is 0. The molecule has 0 saturated heterocycles. The van der Waals surface area contributed by atoms with E-state index in [1.54, 1.807) is 0 Å². The molecule has 0 N–H and O–H groups in total. The third kappa shape index (κ3) is 3.93. The summed E-state index contributed by atoms with van der Waals surface area (Å²) in [5.74, 6) is 3.43. The first-order valence-corrected chi connectivity index (χ1v) is 8.91. The Balaban J connectivity index is 2.98. The van der Waals surface area contributed by atoms with Gasteiger partial charge in [0, 0.05) is 0 Å². The fraction of sp³-hybridized carbons (Fsp3) is 0.429. The second-order valence-electron chi connectivity index (χ2n) is 5.49. The van der Waals surface area contributed by atoms with Gasteiger partial charge >= 0.3 is 0 Å². The van der Waals surface area contributed by atoms with Gasteiger partial charge in [-0.1, -0.05) is 55.9 Å². The minimum absolute atomic E-state index is 0.0262. The summed E-state index contributed by atoms with van der Waals surface area (Å²) in [6.07, 6.45) is 0. The molecule has 0 aliphatic carbocycles. The fourth-order valence-electron chi connectivity index (χ4n) is 1.27. The average Bonchev–Trinajstić information content (AvgIpc) is 2.16. The first-order chi connectivity index (χ1) is 6.81. The highest BCUT2D eigenvalue weighted by Gasteiger charge is 2.18. The van der Waals surface area contributed by atoms with Gasteiger partial charge in [0.1, 0.15) is 8.07 Å². The Labute approximate surface area is 94.7 Å². The second kappa shape index (κ2) is 4.24. The van der Waals surface area contributed by atoms with Gasteiger partial charge in [0.2, 0.25) is 0 Å². The Morgan fingerprint density at radius 1 is 1.00 bits per heavy atom. The Bertz CT molecular complexity index is 371. The van der Waals surface area contributed by atoms with Gasteiger partial charge in [-0.2, -0.15) is 0 Å². The van der Waals surface area contributed by atoms with Crippen LogP contribution in [-0.2, 0) is 5.41 Å². The van der Waals surface area contributed by atoms with Gasteiger partial charge < -0.3 is 0 Å². The van der Waals surface area contributed by atoms with Gasteiger partial charge in [0.25, 0.3) is 0 Å². The van der Waals surface area contributed by atoms with Gasteiger partial charge in [-0.15, -0.1) is 5.54 Å². The zero-order valence-electron chi connectivity index (χ0n) is 10.4. The molecule has 15 heavy (non-hydrogen) atoms. The molecule has 1 aromatic rings. The highest BCUT2D eigenvalue weighted by Crippen LogP contribution is 2.21. The molecule has 0 atom stereocenters. The van der Waals surface area contributed by atoms with Gasteiger partial charge in [-0.3, -0.25) is 0 Å². The van der Waals surface area contributed by atoms with Crippen molar-refractivity contribution in [2.75, 3.05) is 0 Å². The van der Waals surface area contributed by atoms with Crippen LogP contribution in [0.3, 0.4) is 0 Å². The van der Waals surface area contributed by atoms with Crippen molar-refractivity contribution in [3.05, 3.63) is 35.9 Å². The third-order valence-electron chi connectivity index (χ3n) is 2.25. The first kappa shape index (κ1) is 12.1. The molecule has 0 saturated carbocycles. The van der Waals surface area contributed by atoms with E-state index in [0.717, 1.165) is 0 Å². The number of hydrogen-bond acceptors (Lipinski definition) is 0. The largest absolute Gasteiger partial charge is 0.131 e. The highest BCUT2D eigenvalue weighted by atomic mass is 28.3. The summed E-state index contributed by atoms with van der Waals surface area (Å²) in [5, 5.41) is 0. The zero-order chi connectivity index (χ0) is 11.5. The molecule has 0 aliphatic heterocycles. The molecule has 1 heteroatoms. The summed E-state index contributed by atoms with van der Waals surface area (Å²) < 4.78 is 0. The van der Waals surface area contributed by atoms with E-state index in [2.05, 4.69) is 69.2 Å². The summed E-state index contributed by atoms with van der Waals surface area (Å²) in [6.45, 7) is 11.2. The summed E-state index contributed by atoms with van der Waals surface area (Å²) >= 11 is 0. The quantitative estimate of drug-likeness (QED) is 0.494. The fourth-order valence-corrected chi connectivity index (χ4v) is 1.96. The van der Waals surface area contributed by atoms with Crippen LogP contribution in [0.4, 0.5) is 0 Å². The predicted molar refractivity (Wildman–Crippen MR) is 70.6 cm³/mol. The molecule has 0 fully saturated rings. The van der Waals surface area contributed by atoms with E-state index < -0.39 is 8.07 Å². The lowest BCUT2D eigenvalue weighted by Crippen LogP contribution is -2.20. The molecule has 0 nitrogen and oxygen atoms in total. The standard InChI is InChI=1S/C14H20Si/c1-14(2,11-12-15(3,4)5)13-9-7-6-8-10-13/h6-10H,1-5H3. The minimum Gasteiger partial charge on any atom is -0.131 e. The van der Waals surface area contributed by atoms with Gasteiger partial charge in [0.05, 0.1) is 5.41 Å². The van der Waals surface area contributed by atoms with Crippen molar-refractivity contribution in [2.45, 2.75) is 38.9 Å². The van der Waals surface area contributed by atoms with Crippen molar-refractivity contribution in [1.82, 2.24) is 0 Å². The lowest BCUT2D eigenvalue weighted by Gasteiger charge is -2.19. The van der Waals surface area contributed by atoms with Crippen molar-refractivity contribution < 1.29 is 0 Å². The molecule has 0 bridgehead atoms. The Kier molecular flexibility index (Phi) is 3.41. The summed E-state index contributed by atoms with van der Waals surface area (Å²) in [6, 6.07) is 10.5. The molecule has 80 valence electrons. The predicted octanol–water partition coefficient (Wildman–Crippen LogP) is 3.85. The van der Waals surface area contributed by atoms with E-state index in [4.69, 9.17) is 0 Å². The van der Waals surface area contributed by atoms with Gasteiger partial charge in [0.15, 0.2) is 0 Å². The molecule has 0 amide bonds.